The molecule has 0 spiro atoms. The molecule has 0 N–H and O–H groups in total. The van der Waals surface area contributed by atoms with Gasteiger partial charge in [-0.05, 0) is 30.3 Å². The lowest BCUT2D eigenvalue weighted by Gasteiger charge is -2.03. The molecule has 0 atom stereocenters. The number of nitrogens with zero attached hydrogens (tertiary/aromatic N) is 1. The monoisotopic (exact) mass is 287 g/mol. The summed E-state index contributed by atoms with van der Waals surface area (Å²) in [6.45, 7) is 0. The van der Waals surface area contributed by atoms with Crippen LogP contribution < -0.4 is 5.76 Å². The molecule has 0 aliphatic rings. The third-order valence-electron chi connectivity index (χ3n) is 3.17. The summed E-state index contributed by atoms with van der Waals surface area (Å²) < 4.78 is 6.47. The van der Waals surface area contributed by atoms with Crippen LogP contribution in [0.3, 0.4) is 0 Å². The van der Waals surface area contributed by atoms with Crippen LogP contribution in [0, 0.1) is 0 Å². The molecule has 0 aliphatic carbocycles. The van der Waals surface area contributed by atoms with Gasteiger partial charge in [-0.1, -0.05) is 23.7 Å². The maximum absolute atomic E-state index is 12.4. The maximum atomic E-state index is 12.4. The Morgan fingerprint density at radius 1 is 1.20 bits per heavy atom. The minimum atomic E-state index is -0.456. The first-order chi connectivity index (χ1) is 9.58. The fraction of sp³-hybridized carbons (Fsp3) is 0.0667. The third kappa shape index (κ3) is 1.94. The molecule has 0 fully saturated rings. The third-order valence-corrected chi connectivity index (χ3v) is 3.50. The molecule has 0 bridgehead atoms. The Bertz CT molecular complexity index is 876. The quantitative estimate of drug-likeness (QED) is 0.681. The van der Waals surface area contributed by atoms with Crippen LogP contribution in [-0.2, 0) is 7.05 Å². The zero-order valence-corrected chi connectivity index (χ0v) is 11.3. The summed E-state index contributed by atoms with van der Waals surface area (Å²) in [5, 5.41) is 0.395. The van der Waals surface area contributed by atoms with E-state index in [0.717, 1.165) is 0 Å². The van der Waals surface area contributed by atoms with E-state index in [9.17, 15) is 9.59 Å². The lowest BCUT2D eigenvalue weighted by molar-refractivity contribution is 0.103. The van der Waals surface area contributed by atoms with Crippen molar-refractivity contribution in [2.45, 2.75) is 0 Å². The molecule has 1 heterocycles. The molecule has 0 radical (unpaired) electrons. The van der Waals surface area contributed by atoms with Gasteiger partial charge in [-0.3, -0.25) is 9.36 Å². The summed E-state index contributed by atoms with van der Waals surface area (Å²) >= 11 is 6.02. The van der Waals surface area contributed by atoms with Crippen LogP contribution >= 0.6 is 11.6 Å². The zero-order valence-electron chi connectivity index (χ0n) is 10.6. The molecule has 3 rings (SSSR count). The van der Waals surface area contributed by atoms with E-state index in [2.05, 4.69) is 0 Å². The van der Waals surface area contributed by atoms with Gasteiger partial charge in [-0.2, -0.15) is 0 Å². The summed E-state index contributed by atoms with van der Waals surface area (Å²) in [5.41, 5.74) is 1.88. The van der Waals surface area contributed by atoms with Gasteiger partial charge in [0, 0.05) is 18.2 Å². The fourth-order valence-electron chi connectivity index (χ4n) is 2.08. The van der Waals surface area contributed by atoms with Gasteiger partial charge in [-0.15, -0.1) is 0 Å². The Morgan fingerprint density at radius 2 is 1.95 bits per heavy atom. The molecule has 0 aliphatic heterocycles. The number of halogens is 1. The minimum Gasteiger partial charge on any atom is -0.408 e. The van der Waals surface area contributed by atoms with Crippen molar-refractivity contribution in [1.82, 2.24) is 4.57 Å². The van der Waals surface area contributed by atoms with Crippen molar-refractivity contribution in [3.63, 3.8) is 0 Å². The molecule has 1 aromatic heterocycles. The Morgan fingerprint density at radius 3 is 2.70 bits per heavy atom. The predicted molar refractivity (Wildman–Crippen MR) is 76.3 cm³/mol. The van der Waals surface area contributed by atoms with Crippen molar-refractivity contribution in [1.29, 1.82) is 0 Å². The van der Waals surface area contributed by atoms with Crippen LogP contribution in [0.1, 0.15) is 15.9 Å². The van der Waals surface area contributed by atoms with Crippen molar-refractivity contribution in [3.05, 3.63) is 69.2 Å². The Kier molecular flexibility index (Phi) is 2.95. The summed E-state index contributed by atoms with van der Waals surface area (Å²) in [5.74, 6) is -0.661. The van der Waals surface area contributed by atoms with Crippen LogP contribution in [0.5, 0.6) is 0 Å². The second-order valence-electron chi connectivity index (χ2n) is 4.42. The molecular formula is C15H10ClNO3. The van der Waals surface area contributed by atoms with E-state index >= 15 is 0 Å². The molecule has 0 unspecified atom stereocenters. The smallest absolute Gasteiger partial charge is 0.408 e. The number of rotatable bonds is 2. The largest absolute Gasteiger partial charge is 0.419 e. The average molecular weight is 288 g/mol. The van der Waals surface area contributed by atoms with Crippen LogP contribution in [-0.4, -0.2) is 10.4 Å². The van der Waals surface area contributed by atoms with E-state index in [-0.39, 0.29) is 5.78 Å². The van der Waals surface area contributed by atoms with Gasteiger partial charge < -0.3 is 4.42 Å². The average Bonchev–Trinajstić information content (AvgIpc) is 2.73. The maximum Gasteiger partial charge on any atom is 0.419 e. The molecule has 0 saturated carbocycles. The van der Waals surface area contributed by atoms with E-state index in [1.165, 1.54) is 4.57 Å². The number of aryl methyl sites for hydroxylation is 1. The predicted octanol–water partition coefficient (Wildman–Crippen LogP) is 3.02. The van der Waals surface area contributed by atoms with E-state index in [4.69, 9.17) is 16.0 Å². The highest BCUT2D eigenvalue weighted by Crippen LogP contribution is 2.21. The van der Waals surface area contributed by atoms with Gasteiger partial charge in [0.1, 0.15) is 0 Å². The second-order valence-corrected chi connectivity index (χ2v) is 4.83. The van der Waals surface area contributed by atoms with Gasteiger partial charge in [0.15, 0.2) is 11.4 Å². The SMILES string of the molecule is Cn1c(=O)oc2cc(C(=O)c3ccccc3Cl)ccc21. The van der Waals surface area contributed by atoms with Gasteiger partial charge >= 0.3 is 5.76 Å². The molecule has 100 valence electrons. The number of ketones is 1. The highest BCUT2D eigenvalue weighted by molar-refractivity contribution is 6.35. The minimum absolute atomic E-state index is 0.205. The molecule has 2 aromatic carbocycles. The van der Waals surface area contributed by atoms with Gasteiger partial charge in [-0.25, -0.2) is 4.79 Å². The number of carbonyl (C=O) groups excluding carboxylic acids is 1. The topological polar surface area (TPSA) is 52.2 Å². The number of hydrogen-bond acceptors (Lipinski definition) is 3. The molecule has 0 saturated heterocycles. The van der Waals surface area contributed by atoms with Crippen LogP contribution in [0.25, 0.3) is 11.1 Å². The fourth-order valence-corrected chi connectivity index (χ4v) is 2.30. The van der Waals surface area contributed by atoms with Gasteiger partial charge in [0.25, 0.3) is 0 Å². The van der Waals surface area contributed by atoms with E-state index < -0.39 is 5.76 Å². The number of fused-ring (bicyclic) bond motifs is 1. The van der Waals surface area contributed by atoms with Crippen molar-refractivity contribution >= 4 is 28.5 Å². The molecule has 20 heavy (non-hydrogen) atoms. The first-order valence-corrected chi connectivity index (χ1v) is 6.34. The summed E-state index contributed by atoms with van der Waals surface area (Å²) in [4.78, 5) is 23.8. The van der Waals surface area contributed by atoms with E-state index in [0.29, 0.717) is 27.2 Å². The molecule has 4 nitrogen and oxygen atoms in total. The Labute approximate surface area is 119 Å². The van der Waals surface area contributed by atoms with Crippen molar-refractivity contribution < 1.29 is 9.21 Å². The molecule has 3 aromatic rings. The molecule has 0 amide bonds. The van der Waals surface area contributed by atoms with Crippen LogP contribution in [0.2, 0.25) is 5.02 Å². The van der Waals surface area contributed by atoms with Crippen molar-refractivity contribution in [2.75, 3.05) is 0 Å². The van der Waals surface area contributed by atoms with Crippen molar-refractivity contribution in [2.24, 2.45) is 7.05 Å². The number of oxazole rings is 1. The number of benzene rings is 2. The second kappa shape index (κ2) is 4.65. The Balaban J connectivity index is 2.13. The summed E-state index contributed by atoms with van der Waals surface area (Å²) in [6.07, 6.45) is 0. The van der Waals surface area contributed by atoms with Crippen LogP contribution in [0.4, 0.5) is 0 Å². The number of carbonyl (C=O) groups is 1. The highest BCUT2D eigenvalue weighted by Gasteiger charge is 2.14. The highest BCUT2D eigenvalue weighted by atomic mass is 35.5. The van der Waals surface area contributed by atoms with E-state index in [1.807, 2.05) is 0 Å². The number of hydrogen-bond donors (Lipinski definition) is 0. The standard InChI is InChI=1S/C15H10ClNO3/c1-17-12-7-6-9(8-13(12)20-15(17)19)14(18)10-4-2-3-5-11(10)16/h2-8H,1H3. The van der Waals surface area contributed by atoms with Crippen LogP contribution in [0.15, 0.2) is 51.7 Å². The molecule has 5 heteroatoms. The lowest BCUT2D eigenvalue weighted by atomic mass is 10.0. The summed E-state index contributed by atoms with van der Waals surface area (Å²) in [7, 11) is 1.61. The Hall–Kier alpha value is -2.33. The van der Waals surface area contributed by atoms with Gasteiger partial charge in [0.05, 0.1) is 10.5 Å². The molecular weight excluding hydrogens is 278 g/mol. The van der Waals surface area contributed by atoms with E-state index in [1.54, 1.807) is 49.5 Å². The number of aromatic nitrogens is 1. The summed E-state index contributed by atoms with van der Waals surface area (Å²) in [6, 6.07) is 11.7. The first-order valence-electron chi connectivity index (χ1n) is 5.97. The first kappa shape index (κ1) is 12.7. The van der Waals surface area contributed by atoms with Crippen molar-refractivity contribution in [3.8, 4) is 0 Å². The normalized spacial score (nSPS) is 10.9. The lowest BCUT2D eigenvalue weighted by Crippen LogP contribution is -2.08. The zero-order chi connectivity index (χ0) is 14.3. The van der Waals surface area contributed by atoms with Gasteiger partial charge in [0.2, 0.25) is 0 Å².